The summed E-state index contributed by atoms with van der Waals surface area (Å²) < 4.78 is 87.4. The predicted octanol–water partition coefficient (Wildman–Crippen LogP) is 1.78. The molecule has 1 aromatic rings. The molecule has 1 saturated heterocycles. The topological polar surface area (TPSA) is 32.5 Å². The molecule has 1 aliphatic rings. The lowest BCUT2D eigenvalue weighted by atomic mass is 10.2. The second kappa shape index (κ2) is 4.41. The van der Waals surface area contributed by atoms with E-state index in [1.165, 1.54) is 12.1 Å². The van der Waals surface area contributed by atoms with Crippen molar-refractivity contribution in [2.45, 2.75) is 0 Å². The summed E-state index contributed by atoms with van der Waals surface area (Å²) in [6.07, 6.45) is 0. The van der Waals surface area contributed by atoms with E-state index in [9.17, 15) is 0 Å². The molecule has 1 aliphatic heterocycles. The molecule has 82 valence electrons. The van der Waals surface area contributed by atoms with E-state index in [2.05, 4.69) is 15.9 Å². The molecule has 2 rings (SSSR count). The van der Waals surface area contributed by atoms with Gasteiger partial charge < -0.3 is 15.5 Å². The number of halogens is 1. The van der Waals surface area contributed by atoms with Gasteiger partial charge in [-0.15, -0.1) is 0 Å². The van der Waals surface area contributed by atoms with Crippen LogP contribution in [0.5, 0.6) is 0 Å². The fraction of sp³-hybridized carbons (Fsp3) is 0.455. The summed E-state index contributed by atoms with van der Waals surface area (Å²) in [7, 11) is 0. The van der Waals surface area contributed by atoms with Gasteiger partial charge in [-0.2, -0.15) is 0 Å². The first-order chi connectivity index (χ1) is 11.4. The lowest BCUT2D eigenvalue weighted by Crippen LogP contribution is -2.44. The molecule has 4 heteroatoms. The zero-order valence-electron chi connectivity index (χ0n) is 18.6. The third-order valence-electron chi connectivity index (χ3n) is 1.71. The third-order valence-corrected chi connectivity index (χ3v) is 2.17. The van der Waals surface area contributed by atoms with E-state index in [1.807, 2.05) is 0 Å². The van der Waals surface area contributed by atoms with E-state index in [-0.39, 0.29) is 21.2 Å². The summed E-state index contributed by atoms with van der Waals surface area (Å²) in [6.45, 7) is -16.8. The monoisotopic (exact) mass is 280 g/mol. The molecular formula is C11H16BrN3. The Morgan fingerprint density at radius 2 is 2.07 bits per heavy atom. The minimum absolute atomic E-state index is 0.0975. The number of hydrogen-bond acceptors (Lipinski definition) is 3. The summed E-state index contributed by atoms with van der Waals surface area (Å²) in [5.74, 6) is 0. The van der Waals surface area contributed by atoms with E-state index in [0.29, 0.717) is 4.47 Å². The summed E-state index contributed by atoms with van der Waals surface area (Å²) in [6, 6.07) is 3.83. The van der Waals surface area contributed by atoms with Crippen LogP contribution in [-0.2, 0) is 0 Å². The number of rotatable bonds is 1. The second-order valence-corrected chi connectivity index (χ2v) is 3.78. The van der Waals surface area contributed by atoms with Crippen LogP contribution in [0.4, 0.5) is 11.4 Å². The van der Waals surface area contributed by atoms with Crippen molar-refractivity contribution in [1.82, 2.24) is 4.90 Å². The van der Waals surface area contributed by atoms with Gasteiger partial charge in [0.1, 0.15) is 0 Å². The standard InChI is InChI=1S/C11H16BrN3/c1-14-2-4-15(5-3-14)11-7-9(12)6-10(13)8-11/h6-8H,2-5,13H2,1H3/i1D3,2D2,3D2,4D2,5D2. The molecule has 0 amide bonds. The molecule has 0 aromatic heterocycles. The number of hydrogen-bond donors (Lipinski definition) is 1. The molecule has 2 N–H and O–H groups in total. The van der Waals surface area contributed by atoms with Crippen molar-refractivity contribution in [2.75, 3.05) is 43.6 Å². The molecule has 0 atom stereocenters. The smallest absolute Gasteiger partial charge is 0.0506 e. The first-order valence-electron chi connectivity index (χ1n) is 9.55. The number of likely N-dealkylation sites (N-methyl/N-ethyl adjacent to an activating group) is 1. The molecule has 1 fully saturated rings. The minimum Gasteiger partial charge on any atom is -0.399 e. The number of nitrogens with zero attached hydrogens (tertiary/aromatic N) is 2. The zero-order chi connectivity index (χ0) is 20.5. The summed E-state index contributed by atoms with van der Waals surface area (Å²) in [5.41, 5.74) is 5.54. The van der Waals surface area contributed by atoms with Gasteiger partial charge in [0, 0.05) is 51.4 Å². The highest BCUT2D eigenvalue weighted by Crippen LogP contribution is 2.24. The maximum absolute atomic E-state index is 8.17. The van der Waals surface area contributed by atoms with Crippen LogP contribution in [0.15, 0.2) is 22.7 Å². The van der Waals surface area contributed by atoms with Crippen molar-refractivity contribution in [3.63, 3.8) is 0 Å². The number of benzene rings is 1. The highest BCUT2D eigenvalue weighted by molar-refractivity contribution is 9.10. The fourth-order valence-electron chi connectivity index (χ4n) is 1.11. The van der Waals surface area contributed by atoms with Gasteiger partial charge in [-0.1, -0.05) is 15.9 Å². The Hall–Kier alpha value is -0.740. The van der Waals surface area contributed by atoms with Crippen molar-refractivity contribution >= 4 is 27.3 Å². The van der Waals surface area contributed by atoms with Crippen LogP contribution in [-0.4, -0.2) is 37.9 Å². The molecule has 0 saturated carbocycles. The zero-order valence-corrected chi connectivity index (χ0v) is 9.17. The lowest BCUT2D eigenvalue weighted by Gasteiger charge is -2.34. The molecule has 15 heavy (non-hydrogen) atoms. The Balaban J connectivity index is 2.83. The van der Waals surface area contributed by atoms with E-state index in [4.69, 9.17) is 20.8 Å². The Labute approximate surface area is 114 Å². The summed E-state index contributed by atoms with van der Waals surface area (Å²) in [5, 5.41) is 0. The fourth-order valence-corrected chi connectivity index (χ4v) is 1.61. The number of nitrogen functional groups attached to an aromatic ring is 1. The van der Waals surface area contributed by atoms with Gasteiger partial charge in [0.05, 0.1) is 5.48 Å². The highest BCUT2D eigenvalue weighted by atomic mass is 79.9. The van der Waals surface area contributed by atoms with Crippen molar-refractivity contribution in [3.8, 4) is 0 Å². The van der Waals surface area contributed by atoms with E-state index < -0.39 is 33.0 Å². The predicted molar refractivity (Wildman–Crippen MR) is 68.3 cm³/mol. The van der Waals surface area contributed by atoms with Crippen LogP contribution >= 0.6 is 15.9 Å². The molecule has 1 aromatic carbocycles. The van der Waals surface area contributed by atoms with Gasteiger partial charge in [-0.3, -0.25) is 0 Å². The average molecular weight is 281 g/mol. The molecule has 1 heterocycles. The molecule has 0 radical (unpaired) electrons. The van der Waals surface area contributed by atoms with Gasteiger partial charge >= 0.3 is 0 Å². The Morgan fingerprint density at radius 3 is 2.67 bits per heavy atom. The molecule has 0 bridgehead atoms. The number of piperazine rings is 1. The normalized spacial score (nSPS) is 43.3. The number of nitrogens with two attached hydrogens (primary N) is 1. The van der Waals surface area contributed by atoms with E-state index in [1.54, 1.807) is 0 Å². The first kappa shape index (κ1) is 3.64. The van der Waals surface area contributed by atoms with E-state index in [0.717, 1.165) is 6.07 Å². The molecule has 0 spiro atoms. The van der Waals surface area contributed by atoms with Crippen LogP contribution in [0.1, 0.15) is 15.1 Å². The van der Waals surface area contributed by atoms with Gasteiger partial charge in [0.25, 0.3) is 0 Å². The molecule has 0 aliphatic carbocycles. The summed E-state index contributed by atoms with van der Waals surface area (Å²) >= 11 is 3.12. The summed E-state index contributed by atoms with van der Waals surface area (Å²) in [4.78, 5) is -0.117. The van der Waals surface area contributed by atoms with Crippen molar-refractivity contribution in [1.29, 1.82) is 0 Å². The van der Waals surface area contributed by atoms with E-state index >= 15 is 0 Å². The average Bonchev–Trinajstić information content (AvgIpc) is 2.31. The van der Waals surface area contributed by atoms with Gasteiger partial charge in [0.15, 0.2) is 0 Å². The quantitative estimate of drug-likeness (QED) is 0.796. The van der Waals surface area contributed by atoms with Crippen molar-refractivity contribution < 1.29 is 15.1 Å². The third kappa shape index (κ3) is 2.63. The Kier molecular flexibility index (Phi) is 1.07. The van der Waals surface area contributed by atoms with Gasteiger partial charge in [0.2, 0.25) is 0 Å². The molecule has 0 unspecified atom stereocenters. The van der Waals surface area contributed by atoms with Crippen LogP contribution in [0.25, 0.3) is 0 Å². The van der Waals surface area contributed by atoms with Crippen LogP contribution in [0.2, 0.25) is 0 Å². The SMILES string of the molecule is [2H]C([2H])([2H])N1C([2H])([2H])C([2H])([2H])N(c2cc(N)cc(Br)c2)C([2H])([2H])C1([2H])[2H]. The van der Waals surface area contributed by atoms with Crippen molar-refractivity contribution in [3.05, 3.63) is 22.7 Å². The van der Waals surface area contributed by atoms with Crippen LogP contribution < -0.4 is 10.6 Å². The first-order valence-corrected chi connectivity index (χ1v) is 4.84. The minimum atomic E-state index is -3.43. The van der Waals surface area contributed by atoms with Crippen LogP contribution in [0, 0.1) is 0 Å². The number of anilines is 2. The van der Waals surface area contributed by atoms with Gasteiger partial charge in [-0.05, 0) is 25.2 Å². The van der Waals surface area contributed by atoms with Crippen LogP contribution in [0.3, 0.4) is 0 Å². The van der Waals surface area contributed by atoms with Gasteiger partial charge in [-0.25, -0.2) is 0 Å². The molecular weight excluding hydrogens is 254 g/mol. The maximum atomic E-state index is 8.17. The second-order valence-electron chi connectivity index (χ2n) is 2.86. The Bertz CT molecular complexity index is 670. The maximum Gasteiger partial charge on any atom is 0.0506 e. The van der Waals surface area contributed by atoms with Crippen molar-refractivity contribution in [2.24, 2.45) is 0 Å². The largest absolute Gasteiger partial charge is 0.399 e. The highest BCUT2D eigenvalue weighted by Gasteiger charge is 2.14. The Morgan fingerprint density at radius 1 is 1.33 bits per heavy atom. The molecule has 3 nitrogen and oxygen atoms in total. The lowest BCUT2D eigenvalue weighted by molar-refractivity contribution is 0.313.